The normalized spacial score (nSPS) is 15.0. The average molecular weight is 262 g/mol. The van der Waals surface area contributed by atoms with E-state index < -0.39 is 6.43 Å². The molecule has 0 saturated heterocycles. The fourth-order valence-electron chi connectivity index (χ4n) is 1.77. The van der Waals surface area contributed by atoms with Crippen molar-refractivity contribution in [3.05, 3.63) is 28.2 Å². The first kappa shape index (κ1) is 9.90. The molecule has 1 heterocycles. The Labute approximate surface area is 89.8 Å². The topological polar surface area (TPSA) is 3.24 Å². The second-order valence-electron chi connectivity index (χ2n) is 3.36. The monoisotopic (exact) mass is 261 g/mol. The third kappa shape index (κ3) is 1.90. The molecule has 0 aromatic heterocycles. The lowest BCUT2D eigenvalue weighted by atomic mass is 10.2. The van der Waals surface area contributed by atoms with Crippen LogP contribution in [-0.2, 0) is 6.42 Å². The molecule has 0 amide bonds. The number of nitrogens with zero attached hydrogens (tertiary/aromatic N) is 1. The lowest BCUT2D eigenvalue weighted by molar-refractivity contribution is 0.155. The Bertz CT molecular complexity index is 341. The van der Waals surface area contributed by atoms with Crippen molar-refractivity contribution in [2.75, 3.05) is 18.0 Å². The first-order chi connectivity index (χ1) is 6.66. The summed E-state index contributed by atoms with van der Waals surface area (Å²) in [5, 5.41) is 0. The van der Waals surface area contributed by atoms with Crippen LogP contribution in [0.4, 0.5) is 14.5 Å². The van der Waals surface area contributed by atoms with Gasteiger partial charge in [-0.1, -0.05) is 22.0 Å². The van der Waals surface area contributed by atoms with Crippen LogP contribution in [-0.4, -0.2) is 19.5 Å². The molecular formula is C10H10BrF2N. The summed E-state index contributed by atoms with van der Waals surface area (Å²) in [6.45, 7) is 0.541. The second kappa shape index (κ2) is 3.85. The summed E-state index contributed by atoms with van der Waals surface area (Å²) in [4.78, 5) is 1.74. The molecule has 1 nitrogen and oxygen atoms in total. The molecule has 1 aliphatic heterocycles. The summed E-state index contributed by atoms with van der Waals surface area (Å²) in [5.41, 5.74) is 2.11. The van der Waals surface area contributed by atoms with Gasteiger partial charge >= 0.3 is 0 Å². The average Bonchev–Trinajstić information content (AvgIpc) is 2.47. The van der Waals surface area contributed by atoms with Crippen LogP contribution in [0.3, 0.4) is 0 Å². The maximum atomic E-state index is 12.2. The van der Waals surface area contributed by atoms with Gasteiger partial charge in [-0.2, -0.15) is 0 Å². The van der Waals surface area contributed by atoms with Gasteiger partial charge in [0, 0.05) is 16.7 Å². The van der Waals surface area contributed by atoms with E-state index in [2.05, 4.69) is 15.9 Å². The Kier molecular flexibility index (Phi) is 2.72. The molecular weight excluding hydrogens is 252 g/mol. The van der Waals surface area contributed by atoms with Crippen LogP contribution in [0.1, 0.15) is 5.56 Å². The third-order valence-electron chi connectivity index (χ3n) is 2.40. The van der Waals surface area contributed by atoms with Gasteiger partial charge in [-0.05, 0) is 24.1 Å². The largest absolute Gasteiger partial charge is 0.365 e. The van der Waals surface area contributed by atoms with Crippen LogP contribution in [0.25, 0.3) is 0 Å². The van der Waals surface area contributed by atoms with Gasteiger partial charge < -0.3 is 4.90 Å². The first-order valence-electron chi connectivity index (χ1n) is 4.48. The molecule has 14 heavy (non-hydrogen) atoms. The Morgan fingerprint density at radius 1 is 1.43 bits per heavy atom. The molecule has 1 aromatic rings. The third-order valence-corrected chi connectivity index (χ3v) is 2.89. The van der Waals surface area contributed by atoms with E-state index in [9.17, 15) is 8.78 Å². The van der Waals surface area contributed by atoms with Crippen molar-refractivity contribution in [3.8, 4) is 0 Å². The summed E-state index contributed by atoms with van der Waals surface area (Å²) >= 11 is 3.34. The predicted molar refractivity (Wildman–Crippen MR) is 56.1 cm³/mol. The predicted octanol–water partition coefficient (Wildman–Crippen LogP) is 3.08. The van der Waals surface area contributed by atoms with Gasteiger partial charge in [0.05, 0.1) is 6.54 Å². The molecule has 0 fully saturated rings. The van der Waals surface area contributed by atoms with Crippen molar-refractivity contribution in [1.29, 1.82) is 0 Å². The number of hydrogen-bond donors (Lipinski definition) is 0. The fourth-order valence-corrected chi connectivity index (χ4v) is 2.12. The molecule has 0 bridgehead atoms. The zero-order valence-corrected chi connectivity index (χ0v) is 9.10. The fraction of sp³-hybridized carbons (Fsp3) is 0.400. The standard InChI is InChI=1S/C10H10BrF2N/c11-8-2-1-7-3-4-14(6-10(12)13)9(7)5-8/h1-2,5,10H,3-4,6H2. The van der Waals surface area contributed by atoms with Crippen LogP contribution in [0, 0.1) is 0 Å². The Morgan fingerprint density at radius 2 is 2.21 bits per heavy atom. The Balaban J connectivity index is 2.24. The molecule has 0 radical (unpaired) electrons. The van der Waals surface area contributed by atoms with Crippen LogP contribution in [0.2, 0.25) is 0 Å². The molecule has 2 rings (SSSR count). The van der Waals surface area contributed by atoms with Gasteiger partial charge in [-0.3, -0.25) is 0 Å². The molecule has 0 unspecified atom stereocenters. The van der Waals surface area contributed by atoms with Gasteiger partial charge in [-0.25, -0.2) is 8.78 Å². The zero-order valence-electron chi connectivity index (χ0n) is 7.51. The number of anilines is 1. The van der Waals surface area contributed by atoms with Gasteiger partial charge in [0.2, 0.25) is 0 Å². The summed E-state index contributed by atoms with van der Waals surface area (Å²) in [6, 6.07) is 5.85. The smallest absolute Gasteiger partial charge is 0.255 e. The Morgan fingerprint density at radius 3 is 2.93 bits per heavy atom. The van der Waals surface area contributed by atoms with Crippen molar-refractivity contribution in [2.45, 2.75) is 12.8 Å². The van der Waals surface area contributed by atoms with E-state index in [1.807, 2.05) is 18.2 Å². The lowest BCUT2D eigenvalue weighted by Gasteiger charge is -2.18. The number of hydrogen-bond acceptors (Lipinski definition) is 1. The molecule has 0 atom stereocenters. The molecule has 0 spiro atoms. The van der Waals surface area contributed by atoms with E-state index >= 15 is 0 Å². The highest BCUT2D eigenvalue weighted by molar-refractivity contribution is 9.10. The molecule has 0 aliphatic carbocycles. The van der Waals surface area contributed by atoms with Crippen molar-refractivity contribution < 1.29 is 8.78 Å². The zero-order chi connectivity index (χ0) is 10.1. The van der Waals surface area contributed by atoms with Crippen LogP contribution in [0.15, 0.2) is 22.7 Å². The van der Waals surface area contributed by atoms with Gasteiger partial charge in [-0.15, -0.1) is 0 Å². The molecule has 1 aliphatic rings. The van der Waals surface area contributed by atoms with E-state index in [-0.39, 0.29) is 6.54 Å². The highest BCUT2D eigenvalue weighted by Crippen LogP contribution is 2.31. The van der Waals surface area contributed by atoms with E-state index in [1.54, 1.807) is 4.90 Å². The molecule has 76 valence electrons. The van der Waals surface area contributed by atoms with Gasteiger partial charge in [0.1, 0.15) is 0 Å². The lowest BCUT2D eigenvalue weighted by Crippen LogP contribution is -2.26. The van der Waals surface area contributed by atoms with E-state index in [4.69, 9.17) is 0 Å². The number of alkyl halides is 2. The second-order valence-corrected chi connectivity index (χ2v) is 4.28. The first-order valence-corrected chi connectivity index (χ1v) is 5.27. The van der Waals surface area contributed by atoms with Crippen molar-refractivity contribution in [2.24, 2.45) is 0 Å². The molecule has 0 N–H and O–H groups in total. The number of halogens is 3. The van der Waals surface area contributed by atoms with Gasteiger partial charge in [0.15, 0.2) is 0 Å². The maximum Gasteiger partial charge on any atom is 0.255 e. The van der Waals surface area contributed by atoms with E-state index in [0.717, 1.165) is 22.1 Å². The molecule has 4 heteroatoms. The number of rotatable bonds is 2. The highest BCUT2D eigenvalue weighted by atomic mass is 79.9. The Hall–Kier alpha value is -0.640. The van der Waals surface area contributed by atoms with E-state index in [0.29, 0.717) is 6.54 Å². The van der Waals surface area contributed by atoms with E-state index in [1.165, 1.54) is 0 Å². The van der Waals surface area contributed by atoms with Crippen LogP contribution >= 0.6 is 15.9 Å². The highest BCUT2D eigenvalue weighted by Gasteiger charge is 2.21. The SMILES string of the molecule is FC(F)CN1CCc2ccc(Br)cc21. The van der Waals surface area contributed by atoms with Crippen molar-refractivity contribution >= 4 is 21.6 Å². The number of fused-ring (bicyclic) bond motifs is 1. The summed E-state index contributed by atoms with van der Waals surface area (Å²) in [7, 11) is 0. The molecule has 1 aromatic carbocycles. The minimum atomic E-state index is -2.26. The summed E-state index contributed by atoms with van der Waals surface area (Å²) < 4.78 is 25.4. The number of benzene rings is 1. The summed E-state index contributed by atoms with van der Waals surface area (Å²) in [5.74, 6) is 0. The summed E-state index contributed by atoms with van der Waals surface area (Å²) in [6.07, 6.45) is -1.39. The molecule has 0 saturated carbocycles. The van der Waals surface area contributed by atoms with Crippen LogP contribution < -0.4 is 4.90 Å². The van der Waals surface area contributed by atoms with Crippen molar-refractivity contribution in [1.82, 2.24) is 0 Å². The van der Waals surface area contributed by atoms with Crippen LogP contribution in [0.5, 0.6) is 0 Å². The minimum absolute atomic E-state index is 0.163. The minimum Gasteiger partial charge on any atom is -0.365 e. The van der Waals surface area contributed by atoms with Gasteiger partial charge in [0.25, 0.3) is 6.43 Å². The van der Waals surface area contributed by atoms with Crippen molar-refractivity contribution in [3.63, 3.8) is 0 Å². The maximum absolute atomic E-state index is 12.2. The quantitative estimate of drug-likeness (QED) is 0.791.